The molecule has 104 heavy (non-hydrogen) atoms. The molecule has 41 heteroatoms. The molecule has 0 aliphatic rings. The van der Waals surface area contributed by atoms with Crippen LogP contribution < -0.4 is 24.6 Å². The van der Waals surface area contributed by atoms with Gasteiger partial charge < -0.3 is 58.8 Å². The van der Waals surface area contributed by atoms with Crippen molar-refractivity contribution < 1.29 is 72.4 Å². The first-order chi connectivity index (χ1) is 48.5. The Morgan fingerprint density at radius 2 is 0.962 bits per heavy atom. The molecular weight excluding hydrogens is 1440 g/mol. The number of hydrogen-bond donors (Lipinski definition) is 3. The third kappa shape index (κ3) is 19.7. The van der Waals surface area contributed by atoms with Crippen molar-refractivity contribution in [1.82, 2.24) is 116 Å². The number of carboxylic acids is 1. The summed E-state index contributed by atoms with van der Waals surface area (Å²) in [5.74, 6) is -2.60. The summed E-state index contributed by atoms with van der Waals surface area (Å²) in [4.78, 5) is 89.0. The Morgan fingerprint density at radius 1 is 0.558 bits per heavy atom. The van der Waals surface area contributed by atoms with E-state index in [9.17, 15) is 28.0 Å². The average molecular weight is 1500 g/mol. The number of aromatic carboxylic acids is 1. The Morgan fingerprint density at radius 3 is 1.37 bits per heavy atom. The van der Waals surface area contributed by atoms with Gasteiger partial charge in [0, 0.05) is 68.7 Å². The maximum absolute atomic E-state index is 14.3. The Kier molecular flexibility index (Phi) is 28.5. The van der Waals surface area contributed by atoms with Gasteiger partial charge in [0.25, 0.3) is 0 Å². The second-order valence-electron chi connectivity index (χ2n) is 20.9. The van der Waals surface area contributed by atoms with Crippen LogP contribution in [0.3, 0.4) is 0 Å². The van der Waals surface area contributed by atoms with E-state index in [0.29, 0.717) is 59.3 Å². The number of nitrogens with zero attached hydrogens (tertiary/aromatic N) is 23. The molecule has 0 atom stereocenters. The summed E-state index contributed by atoms with van der Waals surface area (Å²) < 4.78 is 51.9. The third-order valence-electron chi connectivity index (χ3n) is 14.1. The number of carboxylic acid groups (broad SMARTS) is 1. The van der Waals surface area contributed by atoms with Gasteiger partial charge >= 0.3 is 36.8 Å². The van der Waals surface area contributed by atoms with E-state index in [-0.39, 0.29) is 88.8 Å². The number of ether oxygens (including phenoxy) is 2. The van der Waals surface area contributed by atoms with E-state index >= 15 is 0 Å². The number of Topliss-reactive ketones (excluding diaryl/α,β-unsaturated/α-hetero) is 1. The summed E-state index contributed by atoms with van der Waals surface area (Å²) in [6.45, 7) is 1.66. The van der Waals surface area contributed by atoms with Crippen molar-refractivity contribution in [1.29, 1.82) is 0 Å². The molecule has 0 amide bonds. The molecule has 0 saturated heterocycles. The monoisotopic (exact) mass is 1490 g/mol. The third-order valence-corrected chi connectivity index (χ3v) is 15.0. The van der Waals surface area contributed by atoms with E-state index in [1.165, 1.54) is 64.1 Å². The van der Waals surface area contributed by atoms with Crippen molar-refractivity contribution in [3.05, 3.63) is 264 Å². The smallest absolute Gasteiger partial charge is 0.870 e. The summed E-state index contributed by atoms with van der Waals surface area (Å²) in [6.07, 6.45) is 33.1. The number of imidazole rings is 10. The van der Waals surface area contributed by atoms with E-state index in [0.717, 1.165) is 45.4 Å². The van der Waals surface area contributed by atoms with Crippen LogP contribution in [0.5, 0.6) is 0 Å². The van der Waals surface area contributed by atoms with Gasteiger partial charge in [0.15, 0.2) is 51.4 Å². The molecule has 532 valence electrons. The molecular formula is C63H58Cl4F2LiN25O9. The van der Waals surface area contributed by atoms with Crippen molar-refractivity contribution in [3.63, 3.8) is 0 Å². The van der Waals surface area contributed by atoms with Gasteiger partial charge in [-0.25, -0.2) is 91.1 Å². The number of ketones is 1. The van der Waals surface area contributed by atoms with Crippen LogP contribution in [0.4, 0.5) is 8.78 Å². The number of aromatic amines is 1. The number of fused-ring (bicyclic) bond motifs is 6. The number of carbonyl (C=O) groups excluding carboxylic acids is 3. The molecule has 0 fully saturated rings. The van der Waals surface area contributed by atoms with E-state index in [2.05, 4.69) is 84.7 Å². The zero-order chi connectivity index (χ0) is 70.2. The number of pyridine rings is 2. The van der Waals surface area contributed by atoms with E-state index in [1.54, 1.807) is 109 Å². The van der Waals surface area contributed by atoms with Crippen molar-refractivity contribution in [2.75, 3.05) is 14.2 Å². The Balaban J connectivity index is 0.000000181. The molecule has 0 unspecified atom stereocenters. The molecule has 0 aliphatic heterocycles. The molecule has 0 bridgehead atoms. The fourth-order valence-electron chi connectivity index (χ4n) is 9.52. The van der Waals surface area contributed by atoms with Crippen LogP contribution in [0.15, 0.2) is 185 Å². The second-order valence-corrected chi connectivity index (χ2v) is 22.0. The van der Waals surface area contributed by atoms with Crippen LogP contribution in [0, 0.1) is 11.6 Å². The summed E-state index contributed by atoms with van der Waals surface area (Å²) in [5.41, 5.74) is 14.5. The molecule has 0 aliphatic carbocycles. The van der Waals surface area contributed by atoms with Crippen LogP contribution in [0.1, 0.15) is 82.5 Å². The number of H-pyrrole nitrogens is 1. The van der Waals surface area contributed by atoms with Crippen LogP contribution in [0.2, 0.25) is 10.0 Å². The number of methoxy groups -OCH3 is 2. The van der Waals surface area contributed by atoms with Gasteiger partial charge in [-0.2, -0.15) is 20.4 Å². The number of aromatic nitrogens is 24. The molecule has 16 rings (SSSR count). The average Bonchev–Trinajstić information content (AvgIpc) is 1.64. The number of aryl methyl sites for hydroxylation is 1. The SMILES string of the molecule is COC(=O)c1cn(Cc2cn3ncccc3n2)cn1.COC(=O)c1cnc[nH]1.Cl.ClCc1cn2ncccc2n1.NCc1ncn2ccc(Cl)c(F)c12.O.O=C(CCc1ncn2ccc(Cl)c(F)c12)c1cn(Cc2cn3ncccc3n2)cn1.O=C(O)c1cn(Cc2cn3ncccc3n2)cn1.[Li+].[OH-]. The minimum atomic E-state index is -1.04. The Labute approximate surface area is 618 Å². The van der Waals surface area contributed by atoms with Gasteiger partial charge in [0.2, 0.25) is 0 Å². The first-order valence-electron chi connectivity index (χ1n) is 29.5. The van der Waals surface area contributed by atoms with E-state index in [1.807, 2.05) is 67.1 Å². The largest absolute Gasteiger partial charge is 1.00 e. The minimum Gasteiger partial charge on any atom is -0.870 e. The Bertz CT molecular complexity index is 5370. The zero-order valence-electron chi connectivity index (χ0n) is 54.8. The number of nitrogens with two attached hydrogens (primary N) is 1. The van der Waals surface area contributed by atoms with Crippen molar-refractivity contribution in [2.24, 2.45) is 5.73 Å². The molecule has 16 aromatic rings. The number of rotatable bonds is 15. The van der Waals surface area contributed by atoms with Gasteiger partial charge in [-0.3, -0.25) is 4.79 Å². The molecule has 0 spiro atoms. The number of alkyl halides is 1. The second kappa shape index (κ2) is 37.3. The number of esters is 2. The number of halogens is 6. The van der Waals surface area contributed by atoms with Crippen molar-refractivity contribution in [3.8, 4) is 0 Å². The fraction of sp³-hybridized carbons (Fsp3) is 0.143. The molecule has 0 radical (unpaired) electrons. The van der Waals surface area contributed by atoms with Gasteiger partial charge in [0.05, 0.1) is 153 Å². The standard InChI is InChI=1S/C20H15ClFN7O.C12H11N5O2.C11H9N5O2.C8H7ClFN3.C7H6ClN3.C5H6N2O2.ClH.Li.2H2O/c21-14-5-7-28-12-24-15(20(28)19(14)22)3-4-17(30)16-10-27(11-23-16)8-13-9-29-18(26-13)2-1-6-25-29;1-19-12(18)10-7-16(8-13-10)5-9-6-17-11(15-9)3-2-4-14-17;17-11(18)9-6-15(7-12-9)4-8-5-16-10(14-8)2-1-3-13-16;9-5-1-2-13-4-12-6(3-11)8(13)7(5)10;8-4-6-5-11-7(10-6)2-1-3-9-11;1-9-5(8)4-2-6-3-7-4;;;;/h1-2,5-7,9-12H,3-4,8H2;2-4,6-8H,5H2,1H3;1-3,5-7H,4H2,(H,17,18);1-2,4H,3,11H2;1-3,5H,4H2;2-3H,1H3,(H,6,7);1H;;2*1H2/q;;;;;;;+1;;/p-1. The molecule has 34 nitrogen and oxygen atoms in total. The fourth-order valence-corrected chi connectivity index (χ4v) is 9.94. The predicted molar refractivity (Wildman–Crippen MR) is 367 cm³/mol. The zero-order valence-corrected chi connectivity index (χ0v) is 57.9. The van der Waals surface area contributed by atoms with Gasteiger partial charge in [-0.15, -0.1) is 24.0 Å². The number of carbonyl (C=O) groups is 4. The summed E-state index contributed by atoms with van der Waals surface area (Å²) in [6, 6.07) is 17.8. The number of hydrogen-bond acceptors (Lipinski definition) is 22. The van der Waals surface area contributed by atoms with Crippen LogP contribution >= 0.6 is 47.2 Å². The van der Waals surface area contributed by atoms with E-state index in [4.69, 9.17) is 45.6 Å². The van der Waals surface area contributed by atoms with Crippen LogP contribution in [-0.4, -0.2) is 170 Å². The topological polar surface area (TPSA) is 432 Å². The normalized spacial score (nSPS) is 10.5. The van der Waals surface area contributed by atoms with Gasteiger partial charge in [-0.1, -0.05) is 23.2 Å². The molecule has 7 N–H and O–H groups in total. The summed E-state index contributed by atoms with van der Waals surface area (Å²) in [7, 11) is 2.65. The quantitative estimate of drug-likeness (QED) is 0.0556. The van der Waals surface area contributed by atoms with Crippen LogP contribution in [0.25, 0.3) is 33.6 Å². The van der Waals surface area contributed by atoms with Gasteiger partial charge in [-0.05, 0) is 67.1 Å². The first-order valence-corrected chi connectivity index (χ1v) is 30.8. The number of nitrogens with one attached hydrogen (secondary N) is 1. The van der Waals surface area contributed by atoms with Crippen LogP contribution in [-0.2, 0) is 48.0 Å². The summed E-state index contributed by atoms with van der Waals surface area (Å²) in [5, 5.41) is 25.4. The van der Waals surface area contributed by atoms with Gasteiger partial charge in [0.1, 0.15) is 22.4 Å². The molecule has 0 aromatic carbocycles. The molecule has 0 saturated carbocycles. The maximum atomic E-state index is 14.3. The first kappa shape index (κ1) is 79.6. The molecule has 16 aromatic heterocycles. The predicted octanol–water partition coefficient (Wildman–Crippen LogP) is 4.34. The van der Waals surface area contributed by atoms with Crippen molar-refractivity contribution >= 4 is 105 Å². The minimum absolute atomic E-state index is 0. The maximum Gasteiger partial charge on any atom is 1.00 e. The van der Waals surface area contributed by atoms with Crippen molar-refractivity contribution in [2.45, 2.75) is 44.9 Å². The molecule has 16 heterocycles. The summed E-state index contributed by atoms with van der Waals surface area (Å²) >= 11 is 17.1. The Hall–Kier alpha value is -11.7. The van der Waals surface area contributed by atoms with E-state index < -0.39 is 29.5 Å².